The highest BCUT2D eigenvalue weighted by Gasteiger charge is 2.26. The maximum absolute atomic E-state index is 12.1. The first-order valence-corrected chi connectivity index (χ1v) is 6.21. The lowest BCUT2D eigenvalue weighted by atomic mass is 10.2. The Balaban J connectivity index is 2.14. The van der Waals surface area contributed by atoms with Gasteiger partial charge in [0.15, 0.2) is 0 Å². The zero-order chi connectivity index (χ0) is 10.8. The van der Waals surface area contributed by atoms with Crippen molar-refractivity contribution >= 4 is 17.2 Å². The molecule has 2 N–H and O–H groups in total. The van der Waals surface area contributed by atoms with E-state index < -0.39 is 0 Å². The SMILES string of the molecule is CCc1ccsc1C(=O)N1CC[C@@H](N)C1. The molecule has 1 fully saturated rings. The third kappa shape index (κ3) is 2.06. The lowest BCUT2D eigenvalue weighted by molar-refractivity contribution is 0.0794. The van der Waals surface area contributed by atoms with Crippen molar-refractivity contribution in [1.82, 2.24) is 4.90 Å². The van der Waals surface area contributed by atoms with Crippen molar-refractivity contribution in [3.63, 3.8) is 0 Å². The van der Waals surface area contributed by atoms with Crippen LogP contribution in [-0.2, 0) is 6.42 Å². The molecular formula is C11H16N2OS. The smallest absolute Gasteiger partial charge is 0.264 e. The van der Waals surface area contributed by atoms with Gasteiger partial charge in [-0.3, -0.25) is 4.79 Å². The van der Waals surface area contributed by atoms with Gasteiger partial charge >= 0.3 is 0 Å². The normalized spacial score (nSPS) is 20.9. The molecule has 2 rings (SSSR count). The lowest BCUT2D eigenvalue weighted by Gasteiger charge is -2.15. The summed E-state index contributed by atoms with van der Waals surface area (Å²) in [7, 11) is 0. The predicted molar refractivity (Wildman–Crippen MR) is 62.2 cm³/mol. The van der Waals surface area contributed by atoms with Crippen molar-refractivity contribution in [2.45, 2.75) is 25.8 Å². The summed E-state index contributed by atoms with van der Waals surface area (Å²) in [6.45, 7) is 3.59. The first kappa shape index (κ1) is 10.6. The van der Waals surface area contributed by atoms with Crippen LogP contribution in [0.5, 0.6) is 0 Å². The Morgan fingerprint density at radius 2 is 2.53 bits per heavy atom. The Morgan fingerprint density at radius 1 is 1.73 bits per heavy atom. The summed E-state index contributed by atoms with van der Waals surface area (Å²) in [5, 5.41) is 1.99. The van der Waals surface area contributed by atoms with E-state index in [4.69, 9.17) is 5.73 Å². The van der Waals surface area contributed by atoms with Crippen molar-refractivity contribution in [3.8, 4) is 0 Å². The summed E-state index contributed by atoms with van der Waals surface area (Å²) in [5.41, 5.74) is 6.95. The van der Waals surface area contributed by atoms with Crippen LogP contribution in [0.1, 0.15) is 28.6 Å². The van der Waals surface area contributed by atoms with Crippen molar-refractivity contribution in [2.24, 2.45) is 5.73 Å². The second kappa shape index (κ2) is 4.33. The average Bonchev–Trinajstić information content (AvgIpc) is 2.84. The molecule has 2 heterocycles. The standard InChI is InChI=1S/C11H16N2OS/c1-2-8-4-6-15-10(8)11(14)13-5-3-9(12)7-13/h4,6,9H,2-3,5,7,12H2,1H3/t9-/m1/s1. The number of carbonyl (C=O) groups excluding carboxylic acids is 1. The molecule has 0 unspecified atom stereocenters. The molecular weight excluding hydrogens is 208 g/mol. The molecule has 0 spiro atoms. The van der Waals surface area contributed by atoms with E-state index in [1.54, 1.807) is 0 Å². The van der Waals surface area contributed by atoms with Gasteiger partial charge in [-0.05, 0) is 29.9 Å². The van der Waals surface area contributed by atoms with Crippen LogP contribution in [0.2, 0.25) is 0 Å². The van der Waals surface area contributed by atoms with Crippen LogP contribution in [0.3, 0.4) is 0 Å². The number of aryl methyl sites for hydroxylation is 1. The lowest BCUT2D eigenvalue weighted by Crippen LogP contribution is -2.31. The van der Waals surface area contributed by atoms with E-state index >= 15 is 0 Å². The monoisotopic (exact) mass is 224 g/mol. The third-order valence-electron chi connectivity index (χ3n) is 2.83. The topological polar surface area (TPSA) is 46.3 Å². The molecule has 1 aliphatic rings. The molecule has 82 valence electrons. The Labute approximate surface area is 93.9 Å². The van der Waals surface area contributed by atoms with E-state index in [0.717, 1.165) is 29.8 Å². The van der Waals surface area contributed by atoms with E-state index in [0.29, 0.717) is 6.54 Å². The number of hydrogen-bond acceptors (Lipinski definition) is 3. The van der Waals surface area contributed by atoms with Crippen molar-refractivity contribution in [2.75, 3.05) is 13.1 Å². The minimum absolute atomic E-state index is 0.162. The molecule has 3 nitrogen and oxygen atoms in total. The highest BCUT2D eigenvalue weighted by Crippen LogP contribution is 2.21. The van der Waals surface area contributed by atoms with Crippen LogP contribution in [0, 0.1) is 0 Å². The highest BCUT2D eigenvalue weighted by molar-refractivity contribution is 7.12. The first-order chi connectivity index (χ1) is 7.22. The number of nitrogens with zero attached hydrogens (tertiary/aromatic N) is 1. The van der Waals surface area contributed by atoms with Crippen LogP contribution in [0.4, 0.5) is 0 Å². The van der Waals surface area contributed by atoms with Crippen LogP contribution >= 0.6 is 11.3 Å². The Hall–Kier alpha value is -0.870. The zero-order valence-corrected chi connectivity index (χ0v) is 9.72. The molecule has 1 aromatic rings. The number of thiophene rings is 1. The molecule has 1 aliphatic heterocycles. The fourth-order valence-corrected chi connectivity index (χ4v) is 2.88. The van der Waals surface area contributed by atoms with Crippen molar-refractivity contribution in [1.29, 1.82) is 0 Å². The van der Waals surface area contributed by atoms with Gasteiger partial charge in [-0.15, -0.1) is 11.3 Å². The predicted octanol–water partition coefficient (Wildman–Crippen LogP) is 1.48. The summed E-state index contributed by atoms with van der Waals surface area (Å²) in [6, 6.07) is 2.20. The van der Waals surface area contributed by atoms with Gasteiger partial charge in [0.05, 0.1) is 4.88 Å². The quantitative estimate of drug-likeness (QED) is 0.827. The van der Waals surface area contributed by atoms with Gasteiger partial charge in [0.2, 0.25) is 0 Å². The zero-order valence-electron chi connectivity index (χ0n) is 8.90. The minimum Gasteiger partial charge on any atom is -0.336 e. The maximum atomic E-state index is 12.1. The molecule has 1 saturated heterocycles. The number of likely N-dealkylation sites (tertiary alicyclic amines) is 1. The second-order valence-electron chi connectivity index (χ2n) is 3.93. The maximum Gasteiger partial charge on any atom is 0.264 e. The second-order valence-corrected chi connectivity index (χ2v) is 4.84. The molecule has 1 atom stereocenters. The van der Waals surface area contributed by atoms with Crippen molar-refractivity contribution < 1.29 is 4.79 Å². The van der Waals surface area contributed by atoms with Gasteiger partial charge in [-0.2, -0.15) is 0 Å². The average molecular weight is 224 g/mol. The van der Waals surface area contributed by atoms with E-state index in [1.165, 1.54) is 11.3 Å². The highest BCUT2D eigenvalue weighted by atomic mass is 32.1. The summed E-state index contributed by atoms with van der Waals surface area (Å²) < 4.78 is 0. The molecule has 0 aliphatic carbocycles. The molecule has 0 aromatic carbocycles. The summed E-state index contributed by atoms with van der Waals surface area (Å²) in [5.74, 6) is 0.162. The number of amides is 1. The van der Waals surface area contributed by atoms with E-state index in [1.807, 2.05) is 16.3 Å². The minimum atomic E-state index is 0.162. The fourth-order valence-electron chi connectivity index (χ4n) is 1.92. The van der Waals surface area contributed by atoms with Crippen LogP contribution < -0.4 is 5.73 Å². The Morgan fingerprint density at radius 3 is 3.13 bits per heavy atom. The molecule has 4 heteroatoms. The summed E-state index contributed by atoms with van der Waals surface area (Å²) in [6.07, 6.45) is 1.85. The fraction of sp³-hybridized carbons (Fsp3) is 0.545. The number of hydrogen-bond donors (Lipinski definition) is 1. The van der Waals surface area contributed by atoms with E-state index in [2.05, 4.69) is 6.92 Å². The van der Waals surface area contributed by atoms with Gasteiger partial charge in [-0.1, -0.05) is 6.92 Å². The van der Waals surface area contributed by atoms with Crippen LogP contribution in [0.25, 0.3) is 0 Å². The molecule has 0 radical (unpaired) electrons. The van der Waals surface area contributed by atoms with Gasteiger partial charge in [0.1, 0.15) is 0 Å². The van der Waals surface area contributed by atoms with Gasteiger partial charge < -0.3 is 10.6 Å². The summed E-state index contributed by atoms with van der Waals surface area (Å²) in [4.78, 5) is 14.9. The Bertz CT molecular complexity index is 361. The first-order valence-electron chi connectivity index (χ1n) is 5.33. The van der Waals surface area contributed by atoms with Gasteiger partial charge in [-0.25, -0.2) is 0 Å². The molecule has 1 aromatic heterocycles. The molecule has 0 saturated carbocycles. The number of nitrogens with two attached hydrogens (primary N) is 1. The van der Waals surface area contributed by atoms with Gasteiger partial charge in [0, 0.05) is 19.1 Å². The van der Waals surface area contributed by atoms with Crippen molar-refractivity contribution in [3.05, 3.63) is 21.9 Å². The summed E-state index contributed by atoms with van der Waals surface area (Å²) >= 11 is 1.54. The molecule has 0 bridgehead atoms. The molecule has 1 amide bonds. The number of carbonyl (C=O) groups is 1. The third-order valence-corrected chi connectivity index (χ3v) is 3.78. The largest absolute Gasteiger partial charge is 0.336 e. The van der Waals surface area contributed by atoms with Crippen LogP contribution in [-0.4, -0.2) is 29.9 Å². The Kier molecular flexibility index (Phi) is 3.07. The van der Waals surface area contributed by atoms with E-state index in [-0.39, 0.29) is 11.9 Å². The van der Waals surface area contributed by atoms with Gasteiger partial charge in [0.25, 0.3) is 5.91 Å². The van der Waals surface area contributed by atoms with Crippen LogP contribution in [0.15, 0.2) is 11.4 Å². The van der Waals surface area contributed by atoms with E-state index in [9.17, 15) is 4.79 Å². The number of rotatable bonds is 2. The molecule has 15 heavy (non-hydrogen) atoms.